The standard InChI is InChI=1S/C62H88NO14P/c1-3-5-7-9-11-13-15-17-19-21-23-25-27-29-31-33-58(66)73-46-51(76-59(67)34-32-30-28-26-24-22-20-18-16-14-12-10-8-6-4-2)47-75-78(71,72)74-42-41-63-61(68)48-35-38-52(55(43-48)62(69)70)60-53-39-36-49(64)44-56(53)77-57-45-50(65)37-40-54(57)60/h17-20,35-40,43-45,51,64H,3-16,21-34,41-42,46-47H2,1-2H3,(H,63,68)(H,69,70)(H,71,72)/b19-17+,20-18+/t51-/m1/s1. The maximum Gasteiger partial charge on any atom is 0.472 e. The first-order valence-electron chi connectivity index (χ1n) is 28.9. The maximum absolute atomic E-state index is 13.3. The molecule has 0 fully saturated rings. The number of benzene rings is 3. The topological polar surface area (TPSA) is 225 Å². The number of ether oxygens (including phenoxy) is 2. The number of aromatic carboxylic acids is 1. The molecule has 0 bridgehead atoms. The van der Waals surface area contributed by atoms with Crippen molar-refractivity contribution in [3.63, 3.8) is 0 Å². The Morgan fingerprint density at radius 3 is 1.74 bits per heavy atom. The number of phenols is 1. The number of rotatable bonds is 43. The van der Waals surface area contributed by atoms with E-state index in [1.54, 1.807) is 6.07 Å². The lowest BCUT2D eigenvalue weighted by atomic mass is 9.90. The SMILES string of the molecule is CCCCCCCC/C=C/CCCCCCCC(=O)OC[C@H](COP(=O)(O)OCCNC(=O)c1ccc(-c2c3ccc(=O)cc-3oc3cc(O)ccc23)c(C(=O)O)c1)OC(=O)CCCCCCC/C=C/CCCCCCCC. The maximum atomic E-state index is 13.3. The first kappa shape index (κ1) is 64.9. The number of amides is 1. The molecule has 430 valence electrons. The first-order chi connectivity index (χ1) is 37.8. The number of nitrogens with one attached hydrogen (secondary N) is 1. The molecule has 1 aliphatic carbocycles. The summed E-state index contributed by atoms with van der Waals surface area (Å²) in [7, 11) is -4.79. The highest BCUT2D eigenvalue weighted by Crippen LogP contribution is 2.44. The van der Waals surface area contributed by atoms with Crippen LogP contribution >= 0.6 is 7.82 Å². The molecular weight excluding hydrogens is 1010 g/mol. The van der Waals surface area contributed by atoms with Gasteiger partial charge in [-0.3, -0.25) is 28.2 Å². The normalized spacial score (nSPS) is 12.9. The summed E-state index contributed by atoms with van der Waals surface area (Å²) in [5.74, 6) is -3.01. The van der Waals surface area contributed by atoms with Gasteiger partial charge in [-0.15, -0.1) is 0 Å². The van der Waals surface area contributed by atoms with Gasteiger partial charge in [0.05, 0.1) is 18.8 Å². The molecule has 2 atom stereocenters. The molecule has 0 saturated heterocycles. The summed E-state index contributed by atoms with van der Waals surface area (Å²) in [5, 5.41) is 23.4. The lowest BCUT2D eigenvalue weighted by molar-refractivity contribution is -0.161. The number of carbonyl (C=O) groups is 4. The first-order valence-corrected chi connectivity index (χ1v) is 30.4. The monoisotopic (exact) mass is 1100 g/mol. The molecule has 4 rings (SSSR count). The average Bonchev–Trinajstić information content (AvgIpc) is 3.53. The molecule has 2 aromatic carbocycles. The lowest BCUT2D eigenvalue weighted by Crippen LogP contribution is -2.30. The van der Waals surface area contributed by atoms with Crippen LogP contribution in [0.3, 0.4) is 0 Å². The van der Waals surface area contributed by atoms with E-state index in [1.807, 2.05) is 0 Å². The van der Waals surface area contributed by atoms with Gasteiger partial charge in [-0.2, -0.15) is 0 Å². The van der Waals surface area contributed by atoms with E-state index in [1.165, 1.54) is 126 Å². The Kier molecular flexibility index (Phi) is 31.7. The Balaban J connectivity index is 1.23. The van der Waals surface area contributed by atoms with Gasteiger partial charge in [0.2, 0.25) is 0 Å². The number of unbranched alkanes of at least 4 members (excludes halogenated alkanes) is 22. The predicted octanol–water partition coefficient (Wildman–Crippen LogP) is 15.4. The van der Waals surface area contributed by atoms with E-state index in [0.29, 0.717) is 29.4 Å². The van der Waals surface area contributed by atoms with Crippen LogP contribution in [0.2, 0.25) is 0 Å². The molecule has 1 heterocycles. The van der Waals surface area contributed by atoms with Crippen molar-refractivity contribution >= 4 is 42.6 Å². The van der Waals surface area contributed by atoms with Gasteiger partial charge in [-0.05, 0) is 106 Å². The van der Waals surface area contributed by atoms with Crippen molar-refractivity contribution in [1.29, 1.82) is 0 Å². The quantitative estimate of drug-likeness (QED) is 0.0106. The number of hydrogen-bond donors (Lipinski definition) is 4. The van der Waals surface area contributed by atoms with E-state index < -0.39 is 51.0 Å². The third kappa shape index (κ3) is 25.9. The third-order valence-electron chi connectivity index (χ3n) is 13.5. The summed E-state index contributed by atoms with van der Waals surface area (Å²) in [5.41, 5.74) is 0.652. The van der Waals surface area contributed by atoms with Crippen molar-refractivity contribution < 1.29 is 61.8 Å². The number of fused-ring (bicyclic) bond motifs is 2. The number of phenolic OH excluding ortho intramolecular Hbond substituents is 1. The summed E-state index contributed by atoms with van der Waals surface area (Å²) in [6, 6.07) is 12.5. The van der Waals surface area contributed by atoms with Crippen LogP contribution in [0.15, 0.2) is 88.1 Å². The number of phosphoric acid groups is 1. The van der Waals surface area contributed by atoms with Crippen molar-refractivity contribution in [3.8, 4) is 28.2 Å². The van der Waals surface area contributed by atoms with Gasteiger partial charge in [-0.25, -0.2) is 9.36 Å². The molecule has 1 aliphatic heterocycles. The van der Waals surface area contributed by atoms with E-state index in [9.17, 15) is 43.6 Å². The molecule has 1 amide bonds. The number of hydrogen-bond acceptors (Lipinski definition) is 12. The number of esters is 2. The fourth-order valence-corrected chi connectivity index (χ4v) is 9.92. The minimum atomic E-state index is -4.79. The Labute approximate surface area is 462 Å². The molecule has 4 N–H and O–H groups in total. The summed E-state index contributed by atoms with van der Waals surface area (Å²) in [4.78, 5) is 74.4. The van der Waals surface area contributed by atoms with Gasteiger partial charge in [0.25, 0.3) is 5.91 Å². The molecular formula is C62H88NO14P. The molecule has 2 aromatic rings. The van der Waals surface area contributed by atoms with Crippen LogP contribution in [0.5, 0.6) is 5.75 Å². The Morgan fingerprint density at radius 1 is 0.628 bits per heavy atom. The highest BCUT2D eigenvalue weighted by atomic mass is 31.2. The molecule has 78 heavy (non-hydrogen) atoms. The molecule has 1 unspecified atom stereocenters. The minimum absolute atomic E-state index is 0.0356. The molecule has 0 saturated carbocycles. The van der Waals surface area contributed by atoms with E-state index >= 15 is 0 Å². The van der Waals surface area contributed by atoms with Gasteiger partial charge >= 0.3 is 25.7 Å². The Bertz CT molecular complexity index is 2550. The van der Waals surface area contributed by atoms with Crippen molar-refractivity contribution in [2.75, 3.05) is 26.4 Å². The number of carboxylic acid groups (broad SMARTS) is 1. The second kappa shape index (κ2) is 38.1. The Hall–Kier alpha value is -5.60. The molecule has 0 spiro atoms. The fourth-order valence-electron chi connectivity index (χ4n) is 9.17. The van der Waals surface area contributed by atoms with Crippen LogP contribution in [0.25, 0.3) is 33.4 Å². The smallest absolute Gasteiger partial charge is 0.472 e. The second-order valence-electron chi connectivity index (χ2n) is 20.2. The molecule has 0 radical (unpaired) electrons. The van der Waals surface area contributed by atoms with Crippen molar-refractivity contribution in [2.24, 2.45) is 0 Å². The van der Waals surface area contributed by atoms with Crippen LogP contribution < -0.4 is 10.7 Å². The summed E-state index contributed by atoms with van der Waals surface area (Å²) >= 11 is 0. The van der Waals surface area contributed by atoms with E-state index in [4.69, 9.17) is 22.9 Å². The van der Waals surface area contributed by atoms with E-state index in [-0.39, 0.29) is 65.2 Å². The second-order valence-corrected chi connectivity index (χ2v) is 21.7. The van der Waals surface area contributed by atoms with Crippen molar-refractivity contribution in [2.45, 2.75) is 200 Å². The third-order valence-corrected chi connectivity index (χ3v) is 14.5. The predicted molar refractivity (Wildman–Crippen MR) is 307 cm³/mol. The van der Waals surface area contributed by atoms with Crippen molar-refractivity contribution in [1.82, 2.24) is 5.32 Å². The number of carboxylic acids is 1. The summed E-state index contributed by atoms with van der Waals surface area (Å²) < 4.78 is 40.3. The highest BCUT2D eigenvalue weighted by Gasteiger charge is 2.27. The van der Waals surface area contributed by atoms with E-state index in [0.717, 1.165) is 77.0 Å². The number of phosphoric ester groups is 1. The van der Waals surface area contributed by atoms with E-state index in [2.05, 4.69) is 43.5 Å². The van der Waals surface area contributed by atoms with Crippen LogP contribution in [0, 0.1) is 0 Å². The zero-order valence-electron chi connectivity index (χ0n) is 46.5. The molecule has 0 aromatic heterocycles. The Morgan fingerprint density at radius 2 is 1.17 bits per heavy atom. The zero-order chi connectivity index (χ0) is 56.2. The van der Waals surface area contributed by atoms with Gasteiger partial charge in [0.1, 0.15) is 23.7 Å². The average molecular weight is 1100 g/mol. The van der Waals surface area contributed by atoms with Gasteiger partial charge in [-0.1, -0.05) is 147 Å². The van der Waals surface area contributed by atoms with Crippen LogP contribution in [-0.2, 0) is 32.7 Å². The van der Waals surface area contributed by atoms with Gasteiger partial charge < -0.3 is 34.3 Å². The number of aromatic hydroxyl groups is 1. The van der Waals surface area contributed by atoms with Gasteiger partial charge in [0.15, 0.2) is 11.5 Å². The fraction of sp³-hybridized carbons (Fsp3) is 0.565. The number of carbonyl (C=O) groups excluding carboxylic acids is 3. The molecule has 16 heteroatoms. The van der Waals surface area contributed by atoms with Crippen molar-refractivity contribution in [3.05, 3.63) is 100 Å². The minimum Gasteiger partial charge on any atom is -0.508 e. The van der Waals surface area contributed by atoms with Crippen LogP contribution in [0.4, 0.5) is 0 Å². The van der Waals surface area contributed by atoms with Crippen LogP contribution in [0.1, 0.15) is 214 Å². The van der Waals surface area contributed by atoms with Gasteiger partial charge in [0, 0.05) is 53.6 Å². The highest BCUT2D eigenvalue weighted by molar-refractivity contribution is 7.47. The lowest BCUT2D eigenvalue weighted by Gasteiger charge is -2.20. The largest absolute Gasteiger partial charge is 0.508 e. The zero-order valence-corrected chi connectivity index (χ0v) is 47.4. The summed E-state index contributed by atoms with van der Waals surface area (Å²) in [6.07, 6.45) is 37.3. The number of allylic oxidation sites excluding steroid dienone is 4. The molecule has 15 nitrogen and oxygen atoms in total. The molecule has 2 aliphatic rings. The van der Waals surface area contributed by atoms with Crippen LogP contribution in [-0.4, -0.2) is 71.4 Å². The summed E-state index contributed by atoms with van der Waals surface area (Å²) in [6.45, 7) is 2.70.